The SMILES string of the molecule is CCNC(C)c1ccc2c(c1)CCN2CC(C)CC. The van der Waals surface area contributed by atoms with Crippen LogP contribution in [-0.2, 0) is 6.42 Å². The topological polar surface area (TPSA) is 15.3 Å². The van der Waals surface area contributed by atoms with Crippen molar-refractivity contribution in [1.82, 2.24) is 5.32 Å². The summed E-state index contributed by atoms with van der Waals surface area (Å²) in [5.74, 6) is 0.784. The largest absolute Gasteiger partial charge is 0.371 e. The molecule has 0 saturated carbocycles. The van der Waals surface area contributed by atoms with Gasteiger partial charge in [-0.1, -0.05) is 39.3 Å². The van der Waals surface area contributed by atoms with Crippen molar-refractivity contribution in [2.45, 2.75) is 46.6 Å². The Morgan fingerprint density at radius 3 is 2.74 bits per heavy atom. The molecule has 0 amide bonds. The molecule has 1 aromatic carbocycles. The third-order valence-corrected chi connectivity index (χ3v) is 4.33. The molecule has 0 aliphatic carbocycles. The molecule has 0 aromatic heterocycles. The number of hydrogen-bond donors (Lipinski definition) is 1. The molecule has 2 heteroatoms. The van der Waals surface area contributed by atoms with E-state index in [0.717, 1.165) is 12.5 Å². The van der Waals surface area contributed by atoms with E-state index in [1.165, 1.54) is 42.7 Å². The van der Waals surface area contributed by atoms with Gasteiger partial charge in [0.15, 0.2) is 0 Å². The van der Waals surface area contributed by atoms with E-state index in [1.54, 1.807) is 0 Å². The highest BCUT2D eigenvalue weighted by atomic mass is 15.1. The summed E-state index contributed by atoms with van der Waals surface area (Å²) in [5.41, 5.74) is 4.42. The Morgan fingerprint density at radius 2 is 2.05 bits per heavy atom. The average molecular weight is 260 g/mol. The van der Waals surface area contributed by atoms with Crippen LogP contribution in [0.3, 0.4) is 0 Å². The minimum absolute atomic E-state index is 0.457. The van der Waals surface area contributed by atoms with Gasteiger partial charge in [-0.05, 0) is 43.0 Å². The van der Waals surface area contributed by atoms with Gasteiger partial charge in [-0.15, -0.1) is 0 Å². The van der Waals surface area contributed by atoms with Crippen LogP contribution in [0.15, 0.2) is 18.2 Å². The standard InChI is InChI=1S/C17H28N2/c1-5-13(3)12-19-10-9-16-11-15(7-8-17(16)19)14(4)18-6-2/h7-8,11,13-14,18H,5-6,9-10,12H2,1-4H3. The van der Waals surface area contributed by atoms with Gasteiger partial charge in [0, 0.05) is 24.8 Å². The summed E-state index contributed by atoms with van der Waals surface area (Å²) in [6, 6.07) is 7.48. The lowest BCUT2D eigenvalue weighted by Gasteiger charge is -2.23. The summed E-state index contributed by atoms with van der Waals surface area (Å²) in [6.07, 6.45) is 2.47. The van der Waals surface area contributed by atoms with Gasteiger partial charge in [-0.2, -0.15) is 0 Å². The van der Waals surface area contributed by atoms with E-state index in [-0.39, 0.29) is 0 Å². The van der Waals surface area contributed by atoms with Crippen LogP contribution in [0.25, 0.3) is 0 Å². The molecule has 0 saturated heterocycles. The molecule has 2 rings (SSSR count). The van der Waals surface area contributed by atoms with Crippen molar-refractivity contribution in [2.24, 2.45) is 5.92 Å². The van der Waals surface area contributed by atoms with E-state index in [4.69, 9.17) is 0 Å². The van der Waals surface area contributed by atoms with Crippen molar-refractivity contribution in [2.75, 3.05) is 24.5 Å². The Morgan fingerprint density at radius 1 is 1.26 bits per heavy atom. The summed E-state index contributed by atoms with van der Waals surface area (Å²) >= 11 is 0. The number of rotatable bonds is 6. The summed E-state index contributed by atoms with van der Waals surface area (Å²) < 4.78 is 0. The third kappa shape index (κ3) is 3.30. The van der Waals surface area contributed by atoms with Crippen LogP contribution in [-0.4, -0.2) is 19.6 Å². The van der Waals surface area contributed by atoms with Crippen molar-refractivity contribution in [3.8, 4) is 0 Å². The molecule has 1 heterocycles. The van der Waals surface area contributed by atoms with E-state index in [9.17, 15) is 0 Å². The van der Waals surface area contributed by atoms with Crippen LogP contribution < -0.4 is 10.2 Å². The number of nitrogens with zero attached hydrogens (tertiary/aromatic N) is 1. The molecule has 1 aromatic rings. The zero-order chi connectivity index (χ0) is 13.8. The first-order valence-corrected chi connectivity index (χ1v) is 7.76. The number of anilines is 1. The summed E-state index contributed by atoms with van der Waals surface area (Å²) in [6.45, 7) is 12.5. The molecule has 2 nitrogen and oxygen atoms in total. The Bertz CT molecular complexity index is 414. The van der Waals surface area contributed by atoms with Gasteiger partial charge in [-0.3, -0.25) is 0 Å². The van der Waals surface area contributed by atoms with Crippen LogP contribution >= 0.6 is 0 Å². The van der Waals surface area contributed by atoms with Gasteiger partial charge in [0.2, 0.25) is 0 Å². The minimum Gasteiger partial charge on any atom is -0.371 e. The zero-order valence-corrected chi connectivity index (χ0v) is 12.9. The van der Waals surface area contributed by atoms with Crippen molar-refractivity contribution in [3.63, 3.8) is 0 Å². The molecular weight excluding hydrogens is 232 g/mol. The number of hydrogen-bond acceptors (Lipinski definition) is 2. The maximum atomic E-state index is 3.49. The zero-order valence-electron chi connectivity index (χ0n) is 12.9. The number of fused-ring (bicyclic) bond motifs is 1. The van der Waals surface area contributed by atoms with Crippen LogP contribution in [0.2, 0.25) is 0 Å². The van der Waals surface area contributed by atoms with Crippen LogP contribution in [0.1, 0.15) is 51.3 Å². The third-order valence-electron chi connectivity index (χ3n) is 4.33. The lowest BCUT2D eigenvalue weighted by Crippen LogP contribution is -2.26. The van der Waals surface area contributed by atoms with Crippen LogP contribution in [0, 0.1) is 5.92 Å². The second-order valence-electron chi connectivity index (χ2n) is 5.88. The Kier molecular flexibility index (Phi) is 4.87. The highest BCUT2D eigenvalue weighted by molar-refractivity contribution is 5.59. The molecule has 0 spiro atoms. The number of benzene rings is 1. The number of nitrogens with one attached hydrogen (secondary N) is 1. The quantitative estimate of drug-likeness (QED) is 0.837. The average Bonchev–Trinajstić information content (AvgIpc) is 2.81. The summed E-state index contributed by atoms with van der Waals surface area (Å²) in [7, 11) is 0. The Hall–Kier alpha value is -1.02. The maximum absolute atomic E-state index is 3.49. The summed E-state index contributed by atoms with van der Waals surface area (Å²) in [5, 5.41) is 3.49. The summed E-state index contributed by atoms with van der Waals surface area (Å²) in [4.78, 5) is 2.56. The second-order valence-corrected chi connectivity index (χ2v) is 5.88. The monoisotopic (exact) mass is 260 g/mol. The van der Waals surface area contributed by atoms with Gasteiger partial charge in [-0.25, -0.2) is 0 Å². The van der Waals surface area contributed by atoms with Gasteiger partial charge in [0.05, 0.1) is 0 Å². The predicted molar refractivity (Wildman–Crippen MR) is 83.9 cm³/mol. The van der Waals surface area contributed by atoms with Gasteiger partial charge >= 0.3 is 0 Å². The normalized spacial score (nSPS) is 17.4. The van der Waals surface area contributed by atoms with E-state index in [2.05, 4.69) is 56.1 Å². The fourth-order valence-corrected chi connectivity index (χ4v) is 2.88. The maximum Gasteiger partial charge on any atom is 0.0399 e. The van der Waals surface area contributed by atoms with Gasteiger partial charge in [0.25, 0.3) is 0 Å². The van der Waals surface area contributed by atoms with Crippen molar-refractivity contribution in [3.05, 3.63) is 29.3 Å². The van der Waals surface area contributed by atoms with Crippen molar-refractivity contribution < 1.29 is 0 Å². The molecule has 1 aliphatic rings. The lowest BCUT2D eigenvalue weighted by molar-refractivity contribution is 0.550. The fraction of sp³-hybridized carbons (Fsp3) is 0.647. The van der Waals surface area contributed by atoms with Crippen LogP contribution in [0.4, 0.5) is 5.69 Å². The Balaban J connectivity index is 2.11. The fourth-order valence-electron chi connectivity index (χ4n) is 2.88. The minimum atomic E-state index is 0.457. The second kappa shape index (κ2) is 6.42. The van der Waals surface area contributed by atoms with E-state index in [1.807, 2.05) is 0 Å². The molecule has 2 atom stereocenters. The molecule has 1 aliphatic heterocycles. The molecule has 0 radical (unpaired) electrons. The first kappa shape index (κ1) is 14.4. The lowest BCUT2D eigenvalue weighted by atomic mass is 10.0. The van der Waals surface area contributed by atoms with Gasteiger partial charge in [0.1, 0.15) is 0 Å². The molecule has 106 valence electrons. The molecule has 1 N–H and O–H groups in total. The van der Waals surface area contributed by atoms with Crippen molar-refractivity contribution >= 4 is 5.69 Å². The van der Waals surface area contributed by atoms with Gasteiger partial charge < -0.3 is 10.2 Å². The van der Waals surface area contributed by atoms with Crippen molar-refractivity contribution in [1.29, 1.82) is 0 Å². The highest BCUT2D eigenvalue weighted by Crippen LogP contribution is 2.31. The smallest absolute Gasteiger partial charge is 0.0399 e. The molecule has 0 fully saturated rings. The van der Waals surface area contributed by atoms with E-state index >= 15 is 0 Å². The molecule has 0 bridgehead atoms. The Labute approximate surface area is 118 Å². The first-order valence-electron chi connectivity index (χ1n) is 7.76. The first-order chi connectivity index (χ1) is 9.15. The highest BCUT2D eigenvalue weighted by Gasteiger charge is 2.21. The van der Waals surface area contributed by atoms with E-state index < -0.39 is 0 Å². The van der Waals surface area contributed by atoms with E-state index in [0.29, 0.717) is 6.04 Å². The predicted octanol–water partition coefficient (Wildman–Crippen LogP) is 3.77. The molecule has 19 heavy (non-hydrogen) atoms. The molecule has 2 unspecified atom stereocenters. The molecular formula is C17H28N2. The van der Waals surface area contributed by atoms with Crippen LogP contribution in [0.5, 0.6) is 0 Å².